The van der Waals surface area contributed by atoms with Gasteiger partial charge in [-0.15, -0.1) is 0 Å². The molecular weight excluding hydrogens is 212 g/mol. The average Bonchev–Trinajstić information content (AvgIpc) is 2.44. The minimum Gasteiger partial charge on any atom is -0.378 e. The lowest BCUT2D eigenvalue weighted by Gasteiger charge is -2.28. The van der Waals surface area contributed by atoms with Crippen LogP contribution in [-0.4, -0.2) is 31.3 Å². The van der Waals surface area contributed by atoms with Gasteiger partial charge in [0.25, 0.3) is 0 Å². The molecule has 0 spiro atoms. The molecule has 0 radical (unpaired) electrons. The van der Waals surface area contributed by atoms with Gasteiger partial charge in [0.15, 0.2) is 0 Å². The maximum Gasteiger partial charge on any atom is 0.0642 e. The Kier molecular flexibility index (Phi) is 9.44. The monoisotopic (exact) mass is 238 g/mol. The number of hydrogen-bond acceptors (Lipinski definition) is 3. The highest BCUT2D eigenvalue weighted by Gasteiger charge is 2.10. The molecule has 3 nitrogen and oxygen atoms in total. The Labute approximate surface area is 106 Å². The zero-order chi connectivity index (χ0) is 13.1. The molecule has 0 aliphatic carbocycles. The molecule has 3 heteroatoms. The van der Waals surface area contributed by atoms with Crippen LogP contribution < -0.4 is 4.90 Å². The second-order valence-corrected chi connectivity index (χ2v) is 3.32. The maximum absolute atomic E-state index is 5.29. The molecule has 0 amide bonds. The van der Waals surface area contributed by atoms with Crippen molar-refractivity contribution >= 4 is 5.69 Å². The molecule has 0 bridgehead atoms. The Balaban J connectivity index is 0.000000581. The summed E-state index contributed by atoms with van der Waals surface area (Å²) in [6, 6.07) is 2.16. The molecule has 0 N–H and O–H groups in total. The number of aryl methyl sites for hydroxylation is 1. The molecule has 1 fully saturated rings. The molecular formula is C14H26N2O. The zero-order valence-electron chi connectivity index (χ0n) is 11.9. The molecule has 2 heterocycles. The molecule has 0 saturated carbocycles. The normalized spacial score (nSPS) is 14.1. The quantitative estimate of drug-likeness (QED) is 0.751. The minimum atomic E-state index is 0.827. The molecule has 17 heavy (non-hydrogen) atoms. The highest BCUT2D eigenvalue weighted by molar-refractivity contribution is 5.46. The van der Waals surface area contributed by atoms with Gasteiger partial charge in [0.1, 0.15) is 0 Å². The Hall–Kier alpha value is -1.09. The number of ether oxygens (including phenoxy) is 1. The summed E-state index contributed by atoms with van der Waals surface area (Å²) in [7, 11) is 0. The number of nitrogens with zero attached hydrogens (tertiary/aromatic N) is 2. The first-order chi connectivity index (χ1) is 8.36. The van der Waals surface area contributed by atoms with Gasteiger partial charge in [0, 0.05) is 19.3 Å². The fraction of sp³-hybridized carbons (Fsp3) is 0.643. The van der Waals surface area contributed by atoms with Gasteiger partial charge in [-0.1, -0.05) is 27.7 Å². The van der Waals surface area contributed by atoms with Crippen LogP contribution in [-0.2, 0) is 4.74 Å². The SMILES string of the molecule is CC.CC.Cc1cncc(N2CCOCC2)c1. The summed E-state index contributed by atoms with van der Waals surface area (Å²) in [6.45, 7) is 13.7. The molecule has 0 aromatic carbocycles. The number of pyridine rings is 1. The van der Waals surface area contributed by atoms with E-state index in [1.165, 1.54) is 11.3 Å². The van der Waals surface area contributed by atoms with Gasteiger partial charge >= 0.3 is 0 Å². The van der Waals surface area contributed by atoms with Crippen molar-refractivity contribution in [2.75, 3.05) is 31.2 Å². The lowest BCUT2D eigenvalue weighted by Crippen LogP contribution is -2.36. The highest BCUT2D eigenvalue weighted by Crippen LogP contribution is 2.14. The van der Waals surface area contributed by atoms with E-state index in [-0.39, 0.29) is 0 Å². The third-order valence-corrected chi connectivity index (χ3v) is 2.24. The predicted molar refractivity (Wildman–Crippen MR) is 74.7 cm³/mol. The molecule has 1 saturated heterocycles. The third kappa shape index (κ3) is 5.68. The van der Waals surface area contributed by atoms with Crippen LogP contribution in [0.2, 0.25) is 0 Å². The molecule has 0 unspecified atom stereocenters. The zero-order valence-corrected chi connectivity index (χ0v) is 11.9. The van der Waals surface area contributed by atoms with Crippen molar-refractivity contribution in [1.82, 2.24) is 4.98 Å². The van der Waals surface area contributed by atoms with Crippen molar-refractivity contribution in [2.45, 2.75) is 34.6 Å². The summed E-state index contributed by atoms with van der Waals surface area (Å²) in [6.07, 6.45) is 3.79. The topological polar surface area (TPSA) is 25.4 Å². The molecule has 2 rings (SSSR count). The number of aromatic nitrogens is 1. The van der Waals surface area contributed by atoms with Crippen LogP contribution >= 0.6 is 0 Å². The summed E-state index contributed by atoms with van der Waals surface area (Å²) in [5.74, 6) is 0. The van der Waals surface area contributed by atoms with Crippen molar-refractivity contribution in [3.05, 3.63) is 24.0 Å². The van der Waals surface area contributed by atoms with E-state index in [0.717, 1.165) is 26.3 Å². The van der Waals surface area contributed by atoms with Crippen molar-refractivity contribution in [3.63, 3.8) is 0 Å². The third-order valence-electron chi connectivity index (χ3n) is 2.24. The first-order valence-corrected chi connectivity index (χ1v) is 6.60. The van der Waals surface area contributed by atoms with E-state index in [0.29, 0.717) is 0 Å². The van der Waals surface area contributed by atoms with Crippen molar-refractivity contribution < 1.29 is 4.74 Å². The van der Waals surface area contributed by atoms with E-state index in [9.17, 15) is 0 Å². The average molecular weight is 238 g/mol. The summed E-state index contributed by atoms with van der Waals surface area (Å²) < 4.78 is 5.29. The Morgan fingerprint density at radius 3 is 2.18 bits per heavy atom. The largest absolute Gasteiger partial charge is 0.378 e. The number of anilines is 1. The molecule has 0 atom stereocenters. The van der Waals surface area contributed by atoms with Crippen molar-refractivity contribution in [2.24, 2.45) is 0 Å². The van der Waals surface area contributed by atoms with E-state index in [2.05, 4.69) is 22.9 Å². The van der Waals surface area contributed by atoms with Crippen LogP contribution in [0.1, 0.15) is 33.3 Å². The van der Waals surface area contributed by atoms with Crippen LogP contribution in [0.5, 0.6) is 0 Å². The second-order valence-electron chi connectivity index (χ2n) is 3.32. The summed E-state index contributed by atoms with van der Waals surface area (Å²) in [5.41, 5.74) is 2.42. The van der Waals surface area contributed by atoms with E-state index in [4.69, 9.17) is 4.74 Å². The molecule has 1 aromatic heterocycles. The maximum atomic E-state index is 5.29. The number of hydrogen-bond donors (Lipinski definition) is 0. The number of morpholine rings is 1. The van der Waals surface area contributed by atoms with Crippen LogP contribution in [0.4, 0.5) is 5.69 Å². The van der Waals surface area contributed by atoms with Crippen LogP contribution in [0.15, 0.2) is 18.5 Å². The summed E-state index contributed by atoms with van der Waals surface area (Å²) >= 11 is 0. The van der Waals surface area contributed by atoms with Gasteiger partial charge in [0.05, 0.1) is 25.1 Å². The summed E-state index contributed by atoms with van der Waals surface area (Å²) in [4.78, 5) is 6.49. The highest BCUT2D eigenvalue weighted by atomic mass is 16.5. The first kappa shape index (κ1) is 15.9. The molecule has 1 aliphatic rings. The summed E-state index contributed by atoms with van der Waals surface area (Å²) in [5, 5.41) is 0. The predicted octanol–water partition coefficient (Wildman–Crippen LogP) is 3.28. The van der Waals surface area contributed by atoms with Crippen LogP contribution in [0.25, 0.3) is 0 Å². The van der Waals surface area contributed by atoms with E-state index in [1.807, 2.05) is 40.1 Å². The van der Waals surface area contributed by atoms with E-state index in [1.54, 1.807) is 0 Å². The number of rotatable bonds is 1. The smallest absolute Gasteiger partial charge is 0.0642 e. The van der Waals surface area contributed by atoms with Crippen LogP contribution in [0.3, 0.4) is 0 Å². The first-order valence-electron chi connectivity index (χ1n) is 6.60. The van der Waals surface area contributed by atoms with Gasteiger partial charge in [-0.3, -0.25) is 4.98 Å². The van der Waals surface area contributed by atoms with E-state index < -0.39 is 0 Å². The van der Waals surface area contributed by atoms with Gasteiger partial charge in [-0.05, 0) is 18.6 Å². The van der Waals surface area contributed by atoms with Gasteiger partial charge in [-0.25, -0.2) is 0 Å². The van der Waals surface area contributed by atoms with Crippen molar-refractivity contribution in [1.29, 1.82) is 0 Å². The lowest BCUT2D eigenvalue weighted by atomic mass is 10.2. The van der Waals surface area contributed by atoms with Gasteiger partial charge < -0.3 is 9.64 Å². The Morgan fingerprint density at radius 2 is 1.65 bits per heavy atom. The standard InChI is InChI=1S/C10H14N2O.2C2H6/c1-9-6-10(8-11-7-9)12-2-4-13-5-3-12;2*1-2/h6-8H,2-5H2,1H3;2*1-2H3. The van der Waals surface area contributed by atoms with Gasteiger partial charge in [0.2, 0.25) is 0 Å². The second kappa shape index (κ2) is 10.1. The molecule has 98 valence electrons. The fourth-order valence-electron chi connectivity index (χ4n) is 1.53. The van der Waals surface area contributed by atoms with Crippen LogP contribution in [0, 0.1) is 6.92 Å². The minimum absolute atomic E-state index is 0.827. The fourth-order valence-corrected chi connectivity index (χ4v) is 1.53. The Bertz CT molecular complexity index is 283. The van der Waals surface area contributed by atoms with Gasteiger partial charge in [-0.2, -0.15) is 0 Å². The molecule has 1 aromatic rings. The lowest BCUT2D eigenvalue weighted by molar-refractivity contribution is 0.122. The van der Waals surface area contributed by atoms with E-state index >= 15 is 0 Å². The van der Waals surface area contributed by atoms with Crippen molar-refractivity contribution in [3.8, 4) is 0 Å². The Morgan fingerprint density at radius 1 is 1.06 bits per heavy atom. The molecule has 1 aliphatic heterocycles.